The predicted molar refractivity (Wildman–Crippen MR) is 139 cm³/mol. The van der Waals surface area contributed by atoms with E-state index in [0.717, 1.165) is 73.7 Å². The number of nitrogens with zero attached hydrogens (tertiary/aromatic N) is 1. The van der Waals surface area contributed by atoms with Gasteiger partial charge in [0.15, 0.2) is 0 Å². The second-order valence-electron chi connectivity index (χ2n) is 9.48. The summed E-state index contributed by atoms with van der Waals surface area (Å²) in [5.74, 6) is 1.66. The van der Waals surface area contributed by atoms with E-state index in [4.69, 9.17) is 23.7 Å². The van der Waals surface area contributed by atoms with Crippen molar-refractivity contribution in [2.24, 2.45) is 5.92 Å². The molecule has 2 aromatic carbocycles. The molecular formula is C29H39NO6. The van der Waals surface area contributed by atoms with Crippen LogP contribution in [0.15, 0.2) is 42.5 Å². The van der Waals surface area contributed by atoms with Crippen LogP contribution in [0, 0.1) is 5.92 Å². The smallest absolute Gasteiger partial charge is 0.308 e. The monoisotopic (exact) mass is 497 g/mol. The predicted octanol–water partition coefficient (Wildman–Crippen LogP) is 4.96. The maximum absolute atomic E-state index is 12.5. The molecule has 0 amide bonds. The molecule has 7 nitrogen and oxygen atoms in total. The van der Waals surface area contributed by atoms with E-state index in [1.807, 2.05) is 19.1 Å². The van der Waals surface area contributed by atoms with E-state index in [-0.39, 0.29) is 23.9 Å². The minimum Gasteiger partial charge on any atom is -0.497 e. The van der Waals surface area contributed by atoms with E-state index >= 15 is 0 Å². The number of benzene rings is 2. The lowest BCUT2D eigenvalue weighted by atomic mass is 9.76. The number of esters is 1. The second kappa shape index (κ2) is 13.0. The minimum absolute atomic E-state index is 0.0224. The molecule has 1 fully saturated rings. The van der Waals surface area contributed by atoms with Crippen molar-refractivity contribution in [2.75, 3.05) is 52.0 Å². The number of rotatable bonds is 11. The fourth-order valence-electron chi connectivity index (χ4n) is 5.26. The quantitative estimate of drug-likeness (QED) is 0.321. The summed E-state index contributed by atoms with van der Waals surface area (Å²) in [5, 5.41) is 0. The van der Waals surface area contributed by atoms with Crippen molar-refractivity contribution < 1.29 is 28.5 Å². The molecule has 1 saturated carbocycles. The molecule has 3 atom stereocenters. The third-order valence-corrected chi connectivity index (χ3v) is 7.17. The maximum Gasteiger partial charge on any atom is 0.308 e. The van der Waals surface area contributed by atoms with Gasteiger partial charge in [-0.05, 0) is 68.0 Å². The van der Waals surface area contributed by atoms with Crippen molar-refractivity contribution in [2.45, 2.75) is 51.2 Å². The number of anilines is 1. The average molecular weight is 498 g/mol. The number of hydrogen-bond acceptors (Lipinski definition) is 7. The van der Waals surface area contributed by atoms with E-state index in [1.54, 1.807) is 14.2 Å². The van der Waals surface area contributed by atoms with Gasteiger partial charge >= 0.3 is 5.97 Å². The standard InChI is InChI=1S/C29H39NO6/c1-4-34-29(31)23-9-13-27(25(19-23)22-7-10-24(33-3)11-8-22)36-20-21-6-12-28-26(18-21)30(15-17-35-28)14-5-16-32-2/h6-8,10-12,18,23,25,27H,4-5,9,13-17,19-20H2,1-3H3/t23-,25+,27-/m0/s1. The first-order chi connectivity index (χ1) is 17.6. The van der Waals surface area contributed by atoms with Gasteiger partial charge in [-0.25, -0.2) is 0 Å². The summed E-state index contributed by atoms with van der Waals surface area (Å²) in [6.45, 7) is 6.04. The molecule has 0 bridgehead atoms. The molecule has 2 aromatic rings. The van der Waals surface area contributed by atoms with Gasteiger partial charge in [-0.1, -0.05) is 18.2 Å². The van der Waals surface area contributed by atoms with Crippen LogP contribution >= 0.6 is 0 Å². The zero-order valence-electron chi connectivity index (χ0n) is 21.7. The SMILES string of the molecule is CCOC(=O)[C@H]1CC[C@H](OCc2ccc3c(c2)N(CCCOC)CCO3)[C@@H](c2ccc(OC)cc2)C1. The highest BCUT2D eigenvalue weighted by atomic mass is 16.5. The van der Waals surface area contributed by atoms with Gasteiger partial charge in [0, 0.05) is 26.2 Å². The third kappa shape index (κ3) is 6.51. The Balaban J connectivity index is 1.46. The van der Waals surface area contributed by atoms with Crippen molar-refractivity contribution in [1.29, 1.82) is 0 Å². The molecule has 2 aliphatic rings. The molecule has 1 heterocycles. The van der Waals surface area contributed by atoms with Crippen LogP contribution in [0.3, 0.4) is 0 Å². The minimum atomic E-state index is -0.0993. The van der Waals surface area contributed by atoms with Crippen LogP contribution in [0.1, 0.15) is 49.7 Å². The molecule has 0 saturated heterocycles. The Kier molecular flexibility index (Phi) is 9.47. The molecule has 0 N–H and O–H groups in total. The molecule has 1 aliphatic carbocycles. The Hall–Kier alpha value is -2.77. The maximum atomic E-state index is 12.5. The van der Waals surface area contributed by atoms with Crippen LogP contribution in [-0.4, -0.2) is 59.2 Å². The lowest BCUT2D eigenvalue weighted by molar-refractivity contribution is -0.150. The summed E-state index contributed by atoms with van der Waals surface area (Å²) >= 11 is 0. The topological polar surface area (TPSA) is 66.5 Å². The summed E-state index contributed by atoms with van der Waals surface area (Å²) in [4.78, 5) is 14.9. The Bertz CT molecular complexity index is 978. The first-order valence-electron chi connectivity index (χ1n) is 13.0. The lowest BCUT2D eigenvalue weighted by Crippen LogP contribution is -2.34. The third-order valence-electron chi connectivity index (χ3n) is 7.17. The molecule has 0 radical (unpaired) electrons. The van der Waals surface area contributed by atoms with Crippen molar-refractivity contribution in [3.8, 4) is 11.5 Å². The normalized spacial score (nSPS) is 21.4. The highest BCUT2D eigenvalue weighted by Gasteiger charge is 2.36. The Morgan fingerprint density at radius 3 is 2.69 bits per heavy atom. The van der Waals surface area contributed by atoms with Crippen LogP contribution in [0.2, 0.25) is 0 Å². The summed E-state index contributed by atoms with van der Waals surface area (Å²) in [6.07, 6.45) is 3.32. The second-order valence-corrected chi connectivity index (χ2v) is 9.48. The van der Waals surface area contributed by atoms with Crippen molar-refractivity contribution in [3.05, 3.63) is 53.6 Å². The number of hydrogen-bond donors (Lipinski definition) is 0. The molecule has 4 rings (SSSR count). The molecule has 196 valence electrons. The van der Waals surface area contributed by atoms with Gasteiger partial charge in [-0.2, -0.15) is 0 Å². The average Bonchev–Trinajstić information content (AvgIpc) is 2.92. The Labute approximate surface area is 214 Å². The summed E-state index contributed by atoms with van der Waals surface area (Å²) in [5.41, 5.74) is 3.41. The molecule has 1 aliphatic heterocycles. The largest absolute Gasteiger partial charge is 0.497 e. The summed E-state index contributed by atoms with van der Waals surface area (Å²) in [7, 11) is 3.41. The van der Waals surface area contributed by atoms with Crippen molar-refractivity contribution in [1.82, 2.24) is 0 Å². The number of carbonyl (C=O) groups is 1. The van der Waals surface area contributed by atoms with Crippen LogP contribution in [0.4, 0.5) is 5.69 Å². The fraction of sp³-hybridized carbons (Fsp3) is 0.552. The van der Waals surface area contributed by atoms with Crippen LogP contribution in [-0.2, 0) is 25.6 Å². The first-order valence-corrected chi connectivity index (χ1v) is 13.0. The van der Waals surface area contributed by atoms with Crippen molar-refractivity contribution >= 4 is 11.7 Å². The van der Waals surface area contributed by atoms with Crippen LogP contribution in [0.5, 0.6) is 11.5 Å². The fourth-order valence-corrected chi connectivity index (χ4v) is 5.26. The zero-order valence-corrected chi connectivity index (χ0v) is 21.7. The molecule has 36 heavy (non-hydrogen) atoms. The molecule has 0 spiro atoms. The molecule has 7 heteroatoms. The van der Waals surface area contributed by atoms with Crippen molar-refractivity contribution in [3.63, 3.8) is 0 Å². The first kappa shape index (κ1) is 26.3. The Morgan fingerprint density at radius 2 is 1.94 bits per heavy atom. The number of ether oxygens (including phenoxy) is 5. The van der Waals surface area contributed by atoms with Gasteiger partial charge in [-0.3, -0.25) is 4.79 Å². The van der Waals surface area contributed by atoms with Crippen LogP contribution < -0.4 is 14.4 Å². The highest BCUT2D eigenvalue weighted by molar-refractivity contribution is 5.72. The van der Waals surface area contributed by atoms with E-state index in [2.05, 4.69) is 35.2 Å². The zero-order chi connectivity index (χ0) is 25.3. The number of fused-ring (bicyclic) bond motifs is 1. The summed E-state index contributed by atoms with van der Waals surface area (Å²) in [6, 6.07) is 14.4. The molecular weight excluding hydrogens is 458 g/mol. The number of carbonyl (C=O) groups excluding carboxylic acids is 1. The molecule has 0 aromatic heterocycles. The van der Waals surface area contributed by atoms with Gasteiger partial charge < -0.3 is 28.6 Å². The van der Waals surface area contributed by atoms with Gasteiger partial charge in [0.1, 0.15) is 18.1 Å². The summed E-state index contributed by atoms with van der Waals surface area (Å²) < 4.78 is 28.3. The Morgan fingerprint density at radius 1 is 1.11 bits per heavy atom. The highest BCUT2D eigenvalue weighted by Crippen LogP contribution is 2.40. The van der Waals surface area contributed by atoms with E-state index in [0.29, 0.717) is 19.8 Å². The molecule has 0 unspecified atom stereocenters. The van der Waals surface area contributed by atoms with Gasteiger partial charge in [0.25, 0.3) is 0 Å². The van der Waals surface area contributed by atoms with Crippen LogP contribution in [0.25, 0.3) is 0 Å². The lowest BCUT2D eigenvalue weighted by Gasteiger charge is -2.36. The van der Waals surface area contributed by atoms with Gasteiger partial charge in [0.05, 0.1) is 44.6 Å². The number of methoxy groups -OCH3 is 2. The van der Waals surface area contributed by atoms with E-state index in [1.165, 1.54) is 0 Å². The van der Waals surface area contributed by atoms with E-state index < -0.39 is 0 Å². The van der Waals surface area contributed by atoms with E-state index in [9.17, 15) is 4.79 Å². The van der Waals surface area contributed by atoms with Gasteiger partial charge in [0.2, 0.25) is 0 Å². The van der Waals surface area contributed by atoms with Gasteiger partial charge in [-0.15, -0.1) is 0 Å².